The predicted molar refractivity (Wildman–Crippen MR) is 150 cm³/mol. The third-order valence-corrected chi connectivity index (χ3v) is 7.81. The monoisotopic (exact) mass is 545 g/mol. The van der Waals surface area contributed by atoms with E-state index in [1.54, 1.807) is 23.9 Å². The van der Waals surface area contributed by atoms with E-state index < -0.39 is 23.7 Å². The van der Waals surface area contributed by atoms with Gasteiger partial charge >= 0.3 is 11.7 Å². The van der Waals surface area contributed by atoms with Gasteiger partial charge in [0.05, 0.1) is 18.3 Å². The summed E-state index contributed by atoms with van der Waals surface area (Å²) in [6.45, 7) is 5.50. The number of hydrogen-bond donors (Lipinski definition) is 0. The number of carbonyl (C=O) groups is 1. The average molecular weight is 546 g/mol. The molecule has 5 rings (SSSR count). The molecule has 0 saturated carbocycles. The van der Waals surface area contributed by atoms with Crippen LogP contribution in [-0.4, -0.2) is 39.7 Å². The summed E-state index contributed by atoms with van der Waals surface area (Å²) in [5.74, 6) is -1.72. The van der Waals surface area contributed by atoms with E-state index in [1.165, 1.54) is 16.2 Å². The van der Waals surface area contributed by atoms with Crippen molar-refractivity contribution in [2.24, 2.45) is 0 Å². The molecule has 0 bridgehead atoms. The first kappa shape index (κ1) is 27.5. The van der Waals surface area contributed by atoms with Crippen molar-refractivity contribution in [1.29, 1.82) is 0 Å². The normalized spacial score (nSPS) is 16.0. The van der Waals surface area contributed by atoms with E-state index >= 15 is 0 Å². The molecule has 1 aromatic heterocycles. The molecule has 2 unspecified atom stereocenters. The van der Waals surface area contributed by atoms with Gasteiger partial charge in [-0.15, -0.1) is 0 Å². The summed E-state index contributed by atoms with van der Waals surface area (Å²) in [5.41, 5.74) is 3.12. The number of piperidine rings is 1. The van der Waals surface area contributed by atoms with Crippen molar-refractivity contribution in [1.82, 2.24) is 14.0 Å². The fourth-order valence-electron chi connectivity index (χ4n) is 5.57. The number of imidazole rings is 1. The molecule has 4 aromatic rings. The highest BCUT2D eigenvalue weighted by Gasteiger charge is 2.32. The highest BCUT2D eigenvalue weighted by Crippen LogP contribution is 2.33. The fraction of sp³-hybridized carbons (Fsp3) is 0.312. The molecule has 1 saturated heterocycles. The molecule has 8 heteroatoms. The fourth-order valence-corrected chi connectivity index (χ4v) is 5.57. The average Bonchev–Trinajstić information content (AvgIpc) is 3.36. The van der Waals surface area contributed by atoms with Crippen LogP contribution in [0.15, 0.2) is 90.0 Å². The van der Waals surface area contributed by atoms with Crippen molar-refractivity contribution < 1.29 is 18.3 Å². The number of halogens is 2. The molecular formula is C32H33F2N3O3. The molecule has 0 N–H and O–H groups in total. The lowest BCUT2D eigenvalue weighted by molar-refractivity contribution is -0.150. The quantitative estimate of drug-likeness (QED) is 0.255. The van der Waals surface area contributed by atoms with E-state index in [2.05, 4.69) is 17.0 Å². The summed E-state index contributed by atoms with van der Waals surface area (Å²) >= 11 is 0. The van der Waals surface area contributed by atoms with Gasteiger partial charge in [-0.3, -0.25) is 14.0 Å². The number of likely N-dealkylation sites (tertiary alicyclic amines) is 1. The van der Waals surface area contributed by atoms with Gasteiger partial charge in [0.2, 0.25) is 0 Å². The van der Waals surface area contributed by atoms with Crippen LogP contribution in [0.3, 0.4) is 0 Å². The SMILES string of the molecule is CCOC(=O)C(c1ccccc1)N1CCC(c2ccc(-n3ccn(C(C)c4ccc(F)c(F)c4)c3=O)cc2)CC1. The molecule has 6 nitrogen and oxygen atoms in total. The molecule has 1 aliphatic heterocycles. The second-order valence-electron chi connectivity index (χ2n) is 10.2. The maximum Gasteiger partial charge on any atom is 0.333 e. The van der Waals surface area contributed by atoms with Crippen LogP contribution in [0.2, 0.25) is 0 Å². The van der Waals surface area contributed by atoms with Crippen molar-refractivity contribution in [3.63, 3.8) is 0 Å². The minimum absolute atomic E-state index is 0.215. The Hall–Kier alpha value is -4.04. The minimum Gasteiger partial charge on any atom is -0.465 e. The summed E-state index contributed by atoms with van der Waals surface area (Å²) in [6.07, 6.45) is 5.16. The molecule has 208 valence electrons. The van der Waals surface area contributed by atoms with Crippen LogP contribution in [0, 0.1) is 11.6 Å². The minimum atomic E-state index is -0.935. The van der Waals surface area contributed by atoms with Crippen molar-refractivity contribution in [3.8, 4) is 5.69 Å². The summed E-state index contributed by atoms with van der Waals surface area (Å²) in [5, 5.41) is 0. The zero-order chi connectivity index (χ0) is 28.2. The van der Waals surface area contributed by atoms with Crippen LogP contribution in [0.5, 0.6) is 0 Å². The second kappa shape index (κ2) is 12.0. The van der Waals surface area contributed by atoms with Crippen molar-refractivity contribution in [2.75, 3.05) is 19.7 Å². The van der Waals surface area contributed by atoms with Gasteiger partial charge in [-0.25, -0.2) is 18.4 Å². The van der Waals surface area contributed by atoms with Gasteiger partial charge in [0.1, 0.15) is 6.04 Å². The molecule has 40 heavy (non-hydrogen) atoms. The number of hydrogen-bond acceptors (Lipinski definition) is 4. The third-order valence-electron chi connectivity index (χ3n) is 7.81. The lowest BCUT2D eigenvalue weighted by Crippen LogP contribution is -2.40. The highest BCUT2D eigenvalue weighted by molar-refractivity contribution is 5.77. The molecule has 2 heterocycles. The molecular weight excluding hydrogens is 512 g/mol. The lowest BCUT2D eigenvalue weighted by atomic mass is 9.88. The van der Waals surface area contributed by atoms with Gasteiger partial charge in [-0.05, 0) is 86.7 Å². The van der Waals surface area contributed by atoms with E-state index in [0.717, 1.165) is 49.3 Å². The largest absolute Gasteiger partial charge is 0.465 e. The summed E-state index contributed by atoms with van der Waals surface area (Å²) in [6, 6.07) is 20.6. The first-order valence-corrected chi connectivity index (χ1v) is 13.7. The number of aromatic nitrogens is 2. The van der Waals surface area contributed by atoms with Crippen molar-refractivity contribution >= 4 is 5.97 Å². The molecule has 3 aromatic carbocycles. The maximum atomic E-state index is 13.7. The standard InChI is InChI=1S/C32H33F2N3O3/c1-3-40-31(38)30(25-7-5-4-6-8-25)35-17-15-24(16-18-35)23-9-12-27(13-10-23)37-20-19-36(32(37)39)22(2)26-11-14-28(33)29(34)21-26/h4-14,19-22,24,30H,3,15-18H2,1-2H3. The number of rotatable bonds is 8. The van der Waals surface area contributed by atoms with Crippen molar-refractivity contribution in [2.45, 2.75) is 44.7 Å². The van der Waals surface area contributed by atoms with Gasteiger partial charge in [0, 0.05) is 12.4 Å². The predicted octanol–water partition coefficient (Wildman–Crippen LogP) is 6.01. The Morgan fingerprint density at radius 2 is 1.62 bits per heavy atom. The first-order chi connectivity index (χ1) is 19.4. The zero-order valence-electron chi connectivity index (χ0n) is 22.7. The van der Waals surface area contributed by atoms with Gasteiger partial charge in [-0.2, -0.15) is 0 Å². The Labute approximate surface area is 232 Å². The molecule has 1 aliphatic rings. The lowest BCUT2D eigenvalue weighted by Gasteiger charge is -2.36. The molecule has 0 radical (unpaired) electrons. The molecule has 2 atom stereocenters. The van der Waals surface area contributed by atoms with E-state index in [9.17, 15) is 18.4 Å². The van der Waals surface area contributed by atoms with Gasteiger partial charge in [0.15, 0.2) is 11.6 Å². The van der Waals surface area contributed by atoms with Gasteiger partial charge in [-0.1, -0.05) is 48.5 Å². The summed E-state index contributed by atoms with van der Waals surface area (Å²) in [4.78, 5) is 28.2. The molecule has 0 aliphatic carbocycles. The van der Waals surface area contributed by atoms with E-state index in [-0.39, 0.29) is 11.7 Å². The maximum absolute atomic E-state index is 13.7. The van der Waals surface area contributed by atoms with Crippen LogP contribution >= 0.6 is 0 Å². The van der Waals surface area contributed by atoms with Crippen LogP contribution < -0.4 is 5.69 Å². The number of benzene rings is 3. The van der Waals surface area contributed by atoms with Crippen LogP contribution in [0.25, 0.3) is 5.69 Å². The summed E-state index contributed by atoms with van der Waals surface area (Å²) < 4.78 is 35.5. The Balaban J connectivity index is 1.27. The molecule has 1 fully saturated rings. The molecule has 0 amide bonds. The number of esters is 1. The number of ether oxygens (including phenoxy) is 1. The van der Waals surface area contributed by atoms with E-state index in [1.807, 2.05) is 49.4 Å². The van der Waals surface area contributed by atoms with E-state index in [0.29, 0.717) is 18.1 Å². The topological polar surface area (TPSA) is 56.5 Å². The van der Waals surface area contributed by atoms with Gasteiger partial charge < -0.3 is 4.74 Å². The number of nitrogens with zero attached hydrogens (tertiary/aromatic N) is 3. The van der Waals surface area contributed by atoms with Gasteiger partial charge in [0.25, 0.3) is 0 Å². The first-order valence-electron chi connectivity index (χ1n) is 13.7. The smallest absolute Gasteiger partial charge is 0.333 e. The van der Waals surface area contributed by atoms with Crippen LogP contribution in [0.4, 0.5) is 8.78 Å². The Morgan fingerprint density at radius 3 is 2.27 bits per heavy atom. The molecule has 0 spiro atoms. The Kier molecular flexibility index (Phi) is 8.26. The van der Waals surface area contributed by atoms with E-state index in [4.69, 9.17) is 4.74 Å². The number of carbonyl (C=O) groups excluding carboxylic acids is 1. The van der Waals surface area contributed by atoms with Crippen LogP contribution in [-0.2, 0) is 9.53 Å². The second-order valence-corrected chi connectivity index (χ2v) is 10.2. The Morgan fingerprint density at radius 1 is 0.925 bits per heavy atom. The summed E-state index contributed by atoms with van der Waals surface area (Å²) in [7, 11) is 0. The zero-order valence-corrected chi connectivity index (χ0v) is 22.7. The third kappa shape index (κ3) is 5.63. The van der Waals surface area contributed by atoms with Crippen LogP contribution in [0.1, 0.15) is 61.4 Å². The Bertz CT molecular complexity index is 1510. The van der Waals surface area contributed by atoms with Crippen molar-refractivity contribution in [3.05, 3.63) is 124 Å². The highest BCUT2D eigenvalue weighted by atomic mass is 19.2.